The fraction of sp³-hybridized carbons (Fsp3) is 0.923. The van der Waals surface area contributed by atoms with Crippen LogP contribution in [0, 0.1) is 5.41 Å². The molecule has 2 aliphatic rings. The lowest BCUT2D eigenvalue weighted by Gasteiger charge is -2.41. The standard InChI is InChI=1S/C13H23NO2/c1-11-5-2-3-9-14(11)10-8-13(12(15)16)6-4-7-13/h11H,2-10H2,1H3,(H,15,16). The van der Waals surface area contributed by atoms with Gasteiger partial charge in [-0.05, 0) is 52.1 Å². The lowest BCUT2D eigenvalue weighted by Crippen LogP contribution is -2.44. The van der Waals surface area contributed by atoms with Crippen LogP contribution in [0.4, 0.5) is 0 Å². The van der Waals surface area contributed by atoms with Gasteiger partial charge in [-0.3, -0.25) is 4.79 Å². The van der Waals surface area contributed by atoms with Gasteiger partial charge in [-0.1, -0.05) is 12.8 Å². The van der Waals surface area contributed by atoms with Crippen LogP contribution < -0.4 is 0 Å². The molecule has 1 unspecified atom stereocenters. The van der Waals surface area contributed by atoms with Gasteiger partial charge in [0.15, 0.2) is 0 Å². The molecule has 0 aromatic heterocycles. The molecule has 3 heteroatoms. The molecular formula is C13H23NO2. The highest BCUT2D eigenvalue weighted by Crippen LogP contribution is 2.44. The van der Waals surface area contributed by atoms with Crippen molar-refractivity contribution in [2.75, 3.05) is 13.1 Å². The van der Waals surface area contributed by atoms with Gasteiger partial charge in [0.2, 0.25) is 0 Å². The molecule has 2 fully saturated rings. The lowest BCUT2D eigenvalue weighted by atomic mass is 9.66. The Kier molecular flexibility index (Phi) is 3.53. The van der Waals surface area contributed by atoms with Crippen molar-refractivity contribution in [3.05, 3.63) is 0 Å². The van der Waals surface area contributed by atoms with Gasteiger partial charge in [-0.25, -0.2) is 0 Å². The lowest BCUT2D eigenvalue weighted by molar-refractivity contribution is -0.155. The average Bonchev–Trinajstić information content (AvgIpc) is 2.18. The topological polar surface area (TPSA) is 40.5 Å². The van der Waals surface area contributed by atoms with Gasteiger partial charge in [0.1, 0.15) is 0 Å². The molecular weight excluding hydrogens is 202 g/mol. The second-order valence-corrected chi connectivity index (χ2v) is 5.57. The molecule has 2 rings (SSSR count). The number of nitrogens with zero attached hydrogens (tertiary/aromatic N) is 1. The Morgan fingerprint density at radius 3 is 2.62 bits per heavy atom. The third-order valence-electron chi connectivity index (χ3n) is 4.58. The van der Waals surface area contributed by atoms with E-state index in [9.17, 15) is 9.90 Å². The maximum absolute atomic E-state index is 11.2. The number of carboxylic acids is 1. The molecule has 1 heterocycles. The SMILES string of the molecule is CC1CCCCN1CCC1(C(=O)O)CCC1. The Morgan fingerprint density at radius 2 is 2.12 bits per heavy atom. The van der Waals surface area contributed by atoms with Crippen LogP contribution >= 0.6 is 0 Å². The van der Waals surface area contributed by atoms with E-state index in [1.165, 1.54) is 19.3 Å². The van der Waals surface area contributed by atoms with Gasteiger partial charge in [0.25, 0.3) is 0 Å². The van der Waals surface area contributed by atoms with Crippen LogP contribution in [-0.2, 0) is 4.79 Å². The first-order chi connectivity index (χ1) is 7.64. The van der Waals surface area contributed by atoms with Gasteiger partial charge in [0.05, 0.1) is 5.41 Å². The van der Waals surface area contributed by atoms with Crippen molar-refractivity contribution in [2.45, 2.75) is 57.9 Å². The summed E-state index contributed by atoms with van der Waals surface area (Å²) in [7, 11) is 0. The van der Waals surface area contributed by atoms with Crippen molar-refractivity contribution in [3.8, 4) is 0 Å². The number of carbonyl (C=O) groups is 1. The molecule has 0 aromatic rings. The van der Waals surface area contributed by atoms with Crippen molar-refractivity contribution in [1.29, 1.82) is 0 Å². The van der Waals surface area contributed by atoms with Gasteiger partial charge < -0.3 is 10.0 Å². The molecule has 1 N–H and O–H groups in total. The highest BCUT2D eigenvalue weighted by molar-refractivity contribution is 5.75. The van der Waals surface area contributed by atoms with E-state index in [1.54, 1.807) is 0 Å². The monoisotopic (exact) mass is 225 g/mol. The van der Waals surface area contributed by atoms with Crippen LogP contribution in [0.15, 0.2) is 0 Å². The summed E-state index contributed by atoms with van der Waals surface area (Å²) in [6.07, 6.45) is 7.63. The second-order valence-electron chi connectivity index (χ2n) is 5.57. The van der Waals surface area contributed by atoms with Crippen molar-refractivity contribution in [3.63, 3.8) is 0 Å². The number of rotatable bonds is 4. The Hall–Kier alpha value is -0.570. The fourth-order valence-electron chi connectivity index (χ4n) is 3.02. The van der Waals surface area contributed by atoms with E-state index >= 15 is 0 Å². The third-order valence-corrected chi connectivity index (χ3v) is 4.58. The quantitative estimate of drug-likeness (QED) is 0.799. The molecule has 0 spiro atoms. The highest BCUT2D eigenvalue weighted by atomic mass is 16.4. The first-order valence-electron chi connectivity index (χ1n) is 6.61. The van der Waals surface area contributed by atoms with Gasteiger partial charge in [-0.2, -0.15) is 0 Å². The largest absolute Gasteiger partial charge is 0.481 e. The minimum Gasteiger partial charge on any atom is -0.481 e. The Morgan fingerprint density at radius 1 is 1.38 bits per heavy atom. The molecule has 3 nitrogen and oxygen atoms in total. The Labute approximate surface area is 97.8 Å². The van der Waals surface area contributed by atoms with E-state index in [0.717, 1.165) is 38.8 Å². The minimum atomic E-state index is -0.566. The summed E-state index contributed by atoms with van der Waals surface area (Å²) >= 11 is 0. The van der Waals surface area contributed by atoms with Crippen molar-refractivity contribution in [1.82, 2.24) is 4.90 Å². The van der Waals surface area contributed by atoms with Crippen LogP contribution in [0.5, 0.6) is 0 Å². The smallest absolute Gasteiger partial charge is 0.309 e. The number of hydrogen-bond donors (Lipinski definition) is 1. The molecule has 1 saturated heterocycles. The maximum Gasteiger partial charge on any atom is 0.309 e. The Bertz CT molecular complexity index is 261. The second kappa shape index (κ2) is 4.74. The molecule has 16 heavy (non-hydrogen) atoms. The summed E-state index contributed by atoms with van der Waals surface area (Å²) in [5, 5.41) is 9.26. The van der Waals surface area contributed by atoms with E-state index in [-0.39, 0.29) is 5.41 Å². The molecule has 0 aromatic carbocycles. The summed E-state index contributed by atoms with van der Waals surface area (Å²) in [6.45, 7) is 4.41. The van der Waals surface area contributed by atoms with Crippen LogP contribution in [0.3, 0.4) is 0 Å². The molecule has 1 atom stereocenters. The van der Waals surface area contributed by atoms with Crippen LogP contribution in [0.25, 0.3) is 0 Å². The summed E-state index contributed by atoms with van der Waals surface area (Å²) < 4.78 is 0. The average molecular weight is 225 g/mol. The molecule has 1 aliphatic carbocycles. The summed E-state index contributed by atoms with van der Waals surface area (Å²) in [5.74, 6) is -0.566. The van der Waals surface area contributed by atoms with E-state index in [4.69, 9.17) is 0 Å². The number of carboxylic acid groups (broad SMARTS) is 1. The highest BCUT2D eigenvalue weighted by Gasteiger charge is 2.44. The molecule has 1 saturated carbocycles. The summed E-state index contributed by atoms with van der Waals surface area (Å²) in [4.78, 5) is 13.7. The molecule has 0 bridgehead atoms. The minimum absolute atomic E-state index is 0.364. The van der Waals surface area contributed by atoms with E-state index < -0.39 is 5.97 Å². The summed E-state index contributed by atoms with van der Waals surface area (Å²) in [6, 6.07) is 0.652. The Balaban J connectivity index is 1.83. The predicted octanol–water partition coefficient (Wildman–Crippen LogP) is 2.51. The molecule has 0 radical (unpaired) electrons. The van der Waals surface area contributed by atoms with Crippen LogP contribution in [0.2, 0.25) is 0 Å². The fourth-order valence-corrected chi connectivity index (χ4v) is 3.02. The zero-order chi connectivity index (χ0) is 11.6. The van der Waals surface area contributed by atoms with E-state index in [2.05, 4.69) is 11.8 Å². The van der Waals surface area contributed by atoms with Crippen LogP contribution in [-0.4, -0.2) is 35.1 Å². The van der Waals surface area contributed by atoms with Crippen molar-refractivity contribution in [2.24, 2.45) is 5.41 Å². The number of likely N-dealkylation sites (tertiary alicyclic amines) is 1. The van der Waals surface area contributed by atoms with Crippen molar-refractivity contribution < 1.29 is 9.90 Å². The van der Waals surface area contributed by atoms with E-state index in [1.807, 2.05) is 0 Å². The molecule has 92 valence electrons. The first-order valence-corrected chi connectivity index (χ1v) is 6.61. The zero-order valence-corrected chi connectivity index (χ0v) is 10.2. The first kappa shape index (κ1) is 11.9. The predicted molar refractivity (Wildman–Crippen MR) is 63.4 cm³/mol. The zero-order valence-electron chi connectivity index (χ0n) is 10.2. The normalized spacial score (nSPS) is 29.7. The van der Waals surface area contributed by atoms with Gasteiger partial charge in [0, 0.05) is 6.04 Å². The van der Waals surface area contributed by atoms with Crippen molar-refractivity contribution >= 4 is 5.97 Å². The number of piperidine rings is 1. The third kappa shape index (κ3) is 2.24. The van der Waals surface area contributed by atoms with Crippen LogP contribution in [0.1, 0.15) is 51.9 Å². The summed E-state index contributed by atoms with van der Waals surface area (Å²) in [5.41, 5.74) is -0.364. The molecule has 1 aliphatic heterocycles. The number of aliphatic carboxylic acids is 1. The number of hydrogen-bond acceptors (Lipinski definition) is 2. The van der Waals surface area contributed by atoms with Gasteiger partial charge >= 0.3 is 5.97 Å². The van der Waals surface area contributed by atoms with E-state index in [0.29, 0.717) is 6.04 Å². The van der Waals surface area contributed by atoms with Gasteiger partial charge in [-0.15, -0.1) is 0 Å². The maximum atomic E-state index is 11.2. The molecule has 0 amide bonds.